The second-order valence-electron chi connectivity index (χ2n) is 3.97. The summed E-state index contributed by atoms with van der Waals surface area (Å²) >= 11 is 0. The molecular weight excluding hydrogens is 279 g/mol. The number of nitrogens with one attached hydrogen (secondary N) is 1. The lowest BCUT2D eigenvalue weighted by molar-refractivity contribution is -0.142. The number of carbonyl (C=O) groups is 1. The van der Waals surface area contributed by atoms with E-state index in [2.05, 4.69) is 15.5 Å². The van der Waals surface area contributed by atoms with Crippen molar-refractivity contribution in [1.82, 2.24) is 10.2 Å². The van der Waals surface area contributed by atoms with Gasteiger partial charge >= 0.3 is 12.1 Å². The summed E-state index contributed by atoms with van der Waals surface area (Å²) in [5.74, 6) is -1.15. The molecule has 9 heteroatoms. The van der Waals surface area contributed by atoms with Crippen LogP contribution in [0, 0.1) is 0 Å². The van der Waals surface area contributed by atoms with E-state index in [0.717, 1.165) is 12.1 Å². The summed E-state index contributed by atoms with van der Waals surface area (Å²) in [7, 11) is 1.49. The predicted molar refractivity (Wildman–Crippen MR) is 63.2 cm³/mol. The zero-order valence-corrected chi connectivity index (χ0v) is 10.6. The lowest BCUT2D eigenvalue weighted by Crippen LogP contribution is -2.30. The van der Waals surface area contributed by atoms with E-state index in [9.17, 15) is 18.0 Å². The minimum Gasteiger partial charge on any atom is -0.480 e. The molecule has 1 heterocycles. The van der Waals surface area contributed by atoms with Crippen LogP contribution >= 0.6 is 0 Å². The number of hydrogen-bond donors (Lipinski definition) is 2. The van der Waals surface area contributed by atoms with Gasteiger partial charge in [0, 0.05) is 13.7 Å². The highest BCUT2D eigenvalue weighted by Gasteiger charge is 2.33. The molecule has 0 aliphatic rings. The van der Waals surface area contributed by atoms with E-state index < -0.39 is 23.9 Å². The normalized spacial score (nSPS) is 13.0. The molecular formula is C11H14F3N3O3. The quantitative estimate of drug-likeness (QED) is 0.746. The monoisotopic (exact) mass is 293 g/mol. The van der Waals surface area contributed by atoms with Crippen molar-refractivity contribution in [3.63, 3.8) is 0 Å². The van der Waals surface area contributed by atoms with Gasteiger partial charge in [-0.1, -0.05) is 0 Å². The van der Waals surface area contributed by atoms with E-state index in [1.165, 1.54) is 7.11 Å². The topological polar surface area (TPSA) is 84.3 Å². The van der Waals surface area contributed by atoms with Crippen molar-refractivity contribution < 1.29 is 27.8 Å². The average Bonchev–Trinajstić information content (AvgIpc) is 2.37. The number of ether oxygens (including phenoxy) is 1. The summed E-state index contributed by atoms with van der Waals surface area (Å²) in [5, 5.41) is 17.8. The molecule has 1 unspecified atom stereocenters. The minimum absolute atomic E-state index is 0.0252. The highest BCUT2D eigenvalue weighted by Crippen LogP contribution is 2.27. The molecule has 2 N–H and O–H groups in total. The lowest BCUT2D eigenvalue weighted by Gasteiger charge is -2.14. The van der Waals surface area contributed by atoms with Gasteiger partial charge < -0.3 is 15.2 Å². The van der Waals surface area contributed by atoms with Gasteiger partial charge in [-0.15, -0.1) is 10.2 Å². The molecule has 0 fully saturated rings. The molecule has 0 saturated carbocycles. The fraction of sp³-hybridized carbons (Fsp3) is 0.545. The molecule has 0 saturated heterocycles. The number of halogens is 3. The van der Waals surface area contributed by atoms with Crippen molar-refractivity contribution in [2.75, 3.05) is 19.0 Å². The van der Waals surface area contributed by atoms with Crippen LogP contribution in [0.1, 0.15) is 18.5 Å². The number of carboxylic acids is 1. The van der Waals surface area contributed by atoms with Gasteiger partial charge in [-0.25, -0.2) is 4.79 Å². The third-order valence-electron chi connectivity index (χ3n) is 2.42. The second kappa shape index (κ2) is 7.04. The molecule has 1 aromatic rings. The van der Waals surface area contributed by atoms with E-state index in [-0.39, 0.29) is 12.2 Å². The van der Waals surface area contributed by atoms with Gasteiger partial charge in [0.15, 0.2) is 5.69 Å². The molecule has 1 aromatic heterocycles. The van der Waals surface area contributed by atoms with E-state index in [1.807, 2.05) is 0 Å². The third-order valence-corrected chi connectivity index (χ3v) is 2.42. The van der Waals surface area contributed by atoms with Crippen LogP contribution in [0.2, 0.25) is 0 Å². The first kappa shape index (κ1) is 16.2. The summed E-state index contributed by atoms with van der Waals surface area (Å²) in [4.78, 5) is 11.0. The van der Waals surface area contributed by atoms with Crippen molar-refractivity contribution in [2.24, 2.45) is 0 Å². The minimum atomic E-state index is -4.57. The zero-order chi connectivity index (χ0) is 15.2. The molecule has 0 aliphatic carbocycles. The van der Waals surface area contributed by atoms with Crippen LogP contribution in [-0.4, -0.2) is 41.0 Å². The maximum atomic E-state index is 12.3. The Labute approximate surface area is 113 Å². The maximum Gasteiger partial charge on any atom is 0.435 e. The SMILES string of the molecule is COCCCC(Nc1ccc(C(F)(F)F)nn1)C(=O)O. The number of alkyl halides is 3. The molecule has 1 atom stereocenters. The Bertz CT molecular complexity index is 437. The summed E-state index contributed by atoms with van der Waals surface area (Å²) < 4.78 is 41.7. The molecule has 112 valence electrons. The van der Waals surface area contributed by atoms with Gasteiger partial charge in [-0.2, -0.15) is 13.2 Å². The summed E-state index contributed by atoms with van der Waals surface area (Å²) in [6.45, 7) is 0.393. The number of anilines is 1. The Morgan fingerprint density at radius 1 is 1.45 bits per heavy atom. The van der Waals surface area contributed by atoms with Crippen LogP contribution in [0.5, 0.6) is 0 Å². The first-order valence-electron chi connectivity index (χ1n) is 5.74. The van der Waals surface area contributed by atoms with Gasteiger partial charge in [0.2, 0.25) is 0 Å². The van der Waals surface area contributed by atoms with Crippen molar-refractivity contribution >= 4 is 11.8 Å². The number of methoxy groups -OCH3 is 1. The smallest absolute Gasteiger partial charge is 0.435 e. The van der Waals surface area contributed by atoms with Gasteiger partial charge in [0.25, 0.3) is 0 Å². The van der Waals surface area contributed by atoms with Crippen LogP contribution < -0.4 is 5.32 Å². The van der Waals surface area contributed by atoms with Gasteiger partial charge in [0.1, 0.15) is 11.9 Å². The Morgan fingerprint density at radius 2 is 2.15 bits per heavy atom. The Morgan fingerprint density at radius 3 is 2.60 bits per heavy atom. The number of hydrogen-bond acceptors (Lipinski definition) is 5. The highest BCUT2D eigenvalue weighted by molar-refractivity contribution is 5.76. The maximum absolute atomic E-state index is 12.3. The third kappa shape index (κ3) is 5.00. The van der Waals surface area contributed by atoms with Gasteiger partial charge in [-0.05, 0) is 25.0 Å². The van der Waals surface area contributed by atoms with E-state index >= 15 is 0 Å². The van der Waals surface area contributed by atoms with Gasteiger partial charge in [0.05, 0.1) is 0 Å². The molecule has 1 rings (SSSR count). The lowest BCUT2D eigenvalue weighted by atomic mass is 10.1. The summed E-state index contributed by atoms with van der Waals surface area (Å²) in [6.07, 6.45) is -3.82. The van der Waals surface area contributed by atoms with Crippen molar-refractivity contribution in [1.29, 1.82) is 0 Å². The number of carboxylic acid groups (broad SMARTS) is 1. The first-order valence-corrected chi connectivity index (χ1v) is 5.74. The van der Waals surface area contributed by atoms with Gasteiger partial charge in [-0.3, -0.25) is 0 Å². The van der Waals surface area contributed by atoms with Crippen LogP contribution in [0.15, 0.2) is 12.1 Å². The molecule has 0 spiro atoms. The van der Waals surface area contributed by atoms with E-state index in [1.54, 1.807) is 0 Å². The zero-order valence-electron chi connectivity index (χ0n) is 10.6. The molecule has 0 radical (unpaired) electrons. The molecule has 0 aliphatic heterocycles. The predicted octanol–water partition coefficient (Wildman–Crippen LogP) is 1.79. The molecule has 0 aromatic carbocycles. The Hall–Kier alpha value is -1.90. The Balaban J connectivity index is 2.67. The molecule has 0 amide bonds. The van der Waals surface area contributed by atoms with Crippen molar-refractivity contribution in [2.45, 2.75) is 25.1 Å². The molecule has 0 bridgehead atoms. The van der Waals surface area contributed by atoms with E-state index in [0.29, 0.717) is 13.0 Å². The number of aromatic nitrogens is 2. The summed E-state index contributed by atoms with van der Waals surface area (Å²) in [5.41, 5.74) is -1.13. The van der Waals surface area contributed by atoms with Crippen molar-refractivity contribution in [3.8, 4) is 0 Å². The molecule has 6 nitrogen and oxygen atoms in total. The Kier molecular flexibility index (Phi) is 5.68. The first-order chi connectivity index (χ1) is 9.34. The number of aliphatic carboxylic acids is 1. The summed E-state index contributed by atoms with van der Waals surface area (Å²) in [6, 6.07) is 0.821. The van der Waals surface area contributed by atoms with Crippen LogP contribution in [0.25, 0.3) is 0 Å². The van der Waals surface area contributed by atoms with E-state index in [4.69, 9.17) is 9.84 Å². The van der Waals surface area contributed by atoms with Crippen LogP contribution in [-0.2, 0) is 15.7 Å². The fourth-order valence-electron chi connectivity index (χ4n) is 1.43. The highest BCUT2D eigenvalue weighted by atomic mass is 19.4. The van der Waals surface area contributed by atoms with Crippen LogP contribution in [0.3, 0.4) is 0 Å². The van der Waals surface area contributed by atoms with Crippen molar-refractivity contribution in [3.05, 3.63) is 17.8 Å². The molecule has 20 heavy (non-hydrogen) atoms. The van der Waals surface area contributed by atoms with Crippen LogP contribution in [0.4, 0.5) is 19.0 Å². The average molecular weight is 293 g/mol. The standard InChI is InChI=1S/C11H14F3N3O3/c1-20-6-2-3-7(10(18)19)15-9-5-4-8(16-17-9)11(12,13)14/h4-5,7H,2-3,6H2,1H3,(H,15,17)(H,18,19). The number of rotatable bonds is 7. The number of nitrogens with zero attached hydrogens (tertiary/aromatic N) is 2. The fourth-order valence-corrected chi connectivity index (χ4v) is 1.43. The second-order valence-corrected chi connectivity index (χ2v) is 3.97. The largest absolute Gasteiger partial charge is 0.480 e.